The summed E-state index contributed by atoms with van der Waals surface area (Å²) in [5.41, 5.74) is 0. The van der Waals surface area contributed by atoms with Gasteiger partial charge in [-0.15, -0.1) is 0 Å². The molecule has 0 aliphatic heterocycles. The monoisotopic (exact) mass is 123 g/mol. The molecule has 6 heavy (non-hydrogen) atoms. The molecule has 0 saturated heterocycles. The SMILES string of the molecule is [CH]1C=CC=C1.[Ni]. The first-order valence-electron chi connectivity index (χ1n) is 1.67. The summed E-state index contributed by atoms with van der Waals surface area (Å²) in [6.45, 7) is 0. The summed E-state index contributed by atoms with van der Waals surface area (Å²) in [5, 5.41) is 0. The second-order valence-corrected chi connectivity index (χ2v) is 0.962. The Kier molecular flexibility index (Phi) is 3.16. The van der Waals surface area contributed by atoms with Crippen LogP contribution in [0.3, 0.4) is 0 Å². The molecule has 0 spiro atoms. The molecule has 1 heteroatoms. The van der Waals surface area contributed by atoms with Gasteiger partial charge in [0.05, 0.1) is 0 Å². The number of allylic oxidation sites excluding steroid dienone is 4. The standard InChI is InChI=1S/C5H5.Ni/c1-2-4-5-3-1;/h1-5H;. The molecule has 0 unspecified atom stereocenters. The fourth-order valence-corrected chi connectivity index (χ4v) is 0.321. The third kappa shape index (κ3) is 1.42. The molecule has 0 atom stereocenters. The van der Waals surface area contributed by atoms with E-state index in [4.69, 9.17) is 0 Å². The minimum atomic E-state index is 0. The molecule has 0 aromatic carbocycles. The Balaban J connectivity index is 0.000000250. The zero-order valence-electron chi connectivity index (χ0n) is 3.20. The van der Waals surface area contributed by atoms with Gasteiger partial charge in [0.25, 0.3) is 0 Å². The van der Waals surface area contributed by atoms with Crippen molar-refractivity contribution >= 4 is 0 Å². The zero-order chi connectivity index (χ0) is 3.54. The minimum absolute atomic E-state index is 0. The van der Waals surface area contributed by atoms with Crippen LogP contribution in [-0.2, 0) is 16.5 Å². The van der Waals surface area contributed by atoms with Crippen molar-refractivity contribution in [2.24, 2.45) is 0 Å². The number of hydrogen-bond acceptors (Lipinski definition) is 0. The molecule has 0 heterocycles. The van der Waals surface area contributed by atoms with Crippen molar-refractivity contribution in [2.45, 2.75) is 0 Å². The molecular formula is C5H5Ni. The third-order valence-electron chi connectivity index (χ3n) is 0.556. The predicted molar refractivity (Wildman–Crippen MR) is 22.6 cm³/mol. The Morgan fingerprint density at radius 2 is 1.17 bits per heavy atom. The van der Waals surface area contributed by atoms with Crippen LogP contribution in [0.4, 0.5) is 0 Å². The summed E-state index contributed by atoms with van der Waals surface area (Å²) in [6, 6.07) is 0. The van der Waals surface area contributed by atoms with Crippen molar-refractivity contribution in [3.63, 3.8) is 0 Å². The molecule has 0 saturated carbocycles. The van der Waals surface area contributed by atoms with Crippen LogP contribution in [0.15, 0.2) is 24.3 Å². The Labute approximate surface area is 47.9 Å². The van der Waals surface area contributed by atoms with Crippen molar-refractivity contribution in [1.82, 2.24) is 0 Å². The molecule has 0 nitrogen and oxygen atoms in total. The minimum Gasteiger partial charge on any atom is -0.0767 e. The molecule has 0 aromatic rings. The maximum atomic E-state index is 2.00. The molecule has 0 amide bonds. The first-order valence-corrected chi connectivity index (χ1v) is 1.67. The number of hydrogen-bond donors (Lipinski definition) is 0. The Bertz CT molecular complexity index is 62.0. The van der Waals surface area contributed by atoms with E-state index in [9.17, 15) is 0 Å². The van der Waals surface area contributed by atoms with Crippen molar-refractivity contribution in [2.75, 3.05) is 0 Å². The van der Waals surface area contributed by atoms with Crippen LogP contribution in [0.2, 0.25) is 0 Å². The van der Waals surface area contributed by atoms with Crippen LogP contribution >= 0.6 is 0 Å². The second kappa shape index (κ2) is 3.17. The summed E-state index contributed by atoms with van der Waals surface area (Å²) >= 11 is 0. The fourth-order valence-electron chi connectivity index (χ4n) is 0.321. The second-order valence-electron chi connectivity index (χ2n) is 0.962. The van der Waals surface area contributed by atoms with E-state index in [0.717, 1.165) is 0 Å². The van der Waals surface area contributed by atoms with Crippen LogP contribution in [0.25, 0.3) is 0 Å². The van der Waals surface area contributed by atoms with Crippen LogP contribution in [0.1, 0.15) is 0 Å². The van der Waals surface area contributed by atoms with E-state index in [0.29, 0.717) is 0 Å². The van der Waals surface area contributed by atoms with E-state index >= 15 is 0 Å². The average molecular weight is 124 g/mol. The normalized spacial score (nSPS) is 14.7. The van der Waals surface area contributed by atoms with Gasteiger partial charge in [-0.3, -0.25) is 0 Å². The maximum Gasteiger partial charge on any atom is 0.00506 e. The first-order chi connectivity index (χ1) is 2.50. The van der Waals surface area contributed by atoms with Gasteiger partial charge in [-0.25, -0.2) is 0 Å². The van der Waals surface area contributed by atoms with Gasteiger partial charge in [-0.2, -0.15) is 0 Å². The van der Waals surface area contributed by atoms with Crippen molar-refractivity contribution < 1.29 is 16.5 Å². The molecular weight excluding hydrogens is 119 g/mol. The van der Waals surface area contributed by atoms with Gasteiger partial charge in [0.1, 0.15) is 0 Å². The Morgan fingerprint density at radius 1 is 0.667 bits per heavy atom. The van der Waals surface area contributed by atoms with E-state index in [1.807, 2.05) is 30.7 Å². The van der Waals surface area contributed by atoms with Crippen molar-refractivity contribution in [3.05, 3.63) is 30.7 Å². The molecule has 0 bridgehead atoms. The van der Waals surface area contributed by atoms with E-state index in [1.54, 1.807) is 0 Å². The van der Waals surface area contributed by atoms with Gasteiger partial charge in [0.15, 0.2) is 0 Å². The summed E-state index contributed by atoms with van der Waals surface area (Å²) in [6.07, 6.45) is 10.0. The Morgan fingerprint density at radius 3 is 1.33 bits per heavy atom. The smallest absolute Gasteiger partial charge is 0.00506 e. The van der Waals surface area contributed by atoms with Gasteiger partial charge in [0.2, 0.25) is 0 Å². The van der Waals surface area contributed by atoms with E-state index < -0.39 is 0 Å². The number of rotatable bonds is 0. The summed E-state index contributed by atoms with van der Waals surface area (Å²) in [5.74, 6) is 0. The maximum absolute atomic E-state index is 2.00. The molecule has 0 aromatic heterocycles. The zero-order valence-corrected chi connectivity index (χ0v) is 4.19. The third-order valence-corrected chi connectivity index (χ3v) is 0.556. The molecule has 1 rings (SSSR count). The largest absolute Gasteiger partial charge is 0.0767 e. The molecule has 35 valence electrons. The van der Waals surface area contributed by atoms with Crippen LogP contribution < -0.4 is 0 Å². The van der Waals surface area contributed by atoms with E-state index in [1.165, 1.54) is 0 Å². The van der Waals surface area contributed by atoms with Crippen molar-refractivity contribution in [3.8, 4) is 0 Å². The molecule has 1 aliphatic carbocycles. The molecule has 0 N–H and O–H groups in total. The predicted octanol–water partition coefficient (Wildman–Crippen LogP) is 1.31. The molecule has 0 fully saturated rings. The van der Waals surface area contributed by atoms with Crippen molar-refractivity contribution in [1.29, 1.82) is 0 Å². The van der Waals surface area contributed by atoms with Gasteiger partial charge in [0, 0.05) is 22.9 Å². The first kappa shape index (κ1) is 5.97. The topological polar surface area (TPSA) is 0 Å². The molecule has 1 radical (unpaired) electrons. The summed E-state index contributed by atoms with van der Waals surface area (Å²) < 4.78 is 0. The Hall–Kier alpha value is -0.0265. The van der Waals surface area contributed by atoms with Gasteiger partial charge in [-0.1, -0.05) is 24.3 Å². The molecule has 1 aliphatic rings. The van der Waals surface area contributed by atoms with Gasteiger partial charge < -0.3 is 0 Å². The van der Waals surface area contributed by atoms with Gasteiger partial charge in [-0.05, 0) is 0 Å². The summed E-state index contributed by atoms with van der Waals surface area (Å²) in [7, 11) is 0. The summed E-state index contributed by atoms with van der Waals surface area (Å²) in [4.78, 5) is 0. The van der Waals surface area contributed by atoms with Crippen LogP contribution in [0.5, 0.6) is 0 Å². The van der Waals surface area contributed by atoms with E-state index in [-0.39, 0.29) is 16.5 Å². The fraction of sp³-hybridized carbons (Fsp3) is 0. The quantitative estimate of drug-likeness (QED) is 0.427. The van der Waals surface area contributed by atoms with Crippen LogP contribution in [0, 0.1) is 6.42 Å². The van der Waals surface area contributed by atoms with Crippen LogP contribution in [-0.4, -0.2) is 0 Å². The van der Waals surface area contributed by atoms with E-state index in [2.05, 4.69) is 0 Å². The average Bonchev–Trinajstić information content (AvgIpc) is 1.76. The van der Waals surface area contributed by atoms with Gasteiger partial charge >= 0.3 is 0 Å².